The van der Waals surface area contributed by atoms with Gasteiger partial charge in [-0.25, -0.2) is 0 Å². The second kappa shape index (κ2) is 4.19. The zero-order valence-electron chi connectivity index (χ0n) is 7.11. The molecule has 1 aromatic heterocycles. The Bertz CT molecular complexity index is 423. The van der Waals surface area contributed by atoms with Crippen LogP contribution in [0.4, 0.5) is 0 Å². The van der Waals surface area contributed by atoms with Gasteiger partial charge in [0.1, 0.15) is 0 Å². The van der Waals surface area contributed by atoms with E-state index >= 15 is 0 Å². The molecule has 2 rings (SSSR count). The molecular formula is C10H6Br2N2. The SMILES string of the molecule is Brc1cccc(Br)c1-c1cccnn1. The van der Waals surface area contributed by atoms with E-state index in [1.165, 1.54) is 0 Å². The van der Waals surface area contributed by atoms with Crippen LogP contribution in [-0.4, -0.2) is 10.2 Å². The Kier molecular flexibility index (Phi) is 2.93. The van der Waals surface area contributed by atoms with Crippen molar-refractivity contribution in [3.05, 3.63) is 45.5 Å². The summed E-state index contributed by atoms with van der Waals surface area (Å²) in [5.74, 6) is 0. The first kappa shape index (κ1) is 9.80. The highest BCUT2D eigenvalue weighted by Crippen LogP contribution is 2.33. The van der Waals surface area contributed by atoms with E-state index in [2.05, 4.69) is 42.1 Å². The van der Waals surface area contributed by atoms with Crippen LogP contribution >= 0.6 is 31.9 Å². The molecule has 1 heterocycles. The normalized spacial score (nSPS) is 10.1. The molecule has 0 unspecified atom stereocenters. The van der Waals surface area contributed by atoms with Gasteiger partial charge in [0.2, 0.25) is 0 Å². The Labute approximate surface area is 98.6 Å². The summed E-state index contributed by atoms with van der Waals surface area (Å²) in [5, 5.41) is 7.91. The second-order valence-electron chi connectivity index (χ2n) is 2.71. The molecule has 2 aromatic rings. The van der Waals surface area contributed by atoms with Crippen LogP contribution in [0.1, 0.15) is 0 Å². The minimum absolute atomic E-state index is 0.854. The average molecular weight is 314 g/mol. The van der Waals surface area contributed by atoms with Gasteiger partial charge < -0.3 is 0 Å². The van der Waals surface area contributed by atoms with E-state index < -0.39 is 0 Å². The molecule has 0 fully saturated rings. The van der Waals surface area contributed by atoms with Crippen molar-refractivity contribution in [1.82, 2.24) is 10.2 Å². The molecule has 1 aromatic carbocycles. The maximum atomic E-state index is 4.06. The molecule has 0 saturated heterocycles. The van der Waals surface area contributed by atoms with E-state index in [1.807, 2.05) is 30.3 Å². The summed E-state index contributed by atoms with van der Waals surface area (Å²) in [5.41, 5.74) is 1.88. The van der Waals surface area contributed by atoms with Gasteiger partial charge in [0.25, 0.3) is 0 Å². The first-order valence-corrected chi connectivity index (χ1v) is 5.60. The van der Waals surface area contributed by atoms with E-state index in [9.17, 15) is 0 Å². The minimum atomic E-state index is 0.854. The summed E-state index contributed by atoms with van der Waals surface area (Å²) < 4.78 is 2.01. The maximum Gasteiger partial charge on any atom is 0.0952 e. The summed E-state index contributed by atoms with van der Waals surface area (Å²) in [6.07, 6.45) is 1.66. The molecule has 0 spiro atoms. The molecule has 0 amide bonds. The lowest BCUT2D eigenvalue weighted by Crippen LogP contribution is -1.87. The largest absolute Gasteiger partial charge is 0.159 e. The first-order chi connectivity index (χ1) is 6.79. The number of hydrogen-bond acceptors (Lipinski definition) is 2. The maximum absolute atomic E-state index is 4.06. The van der Waals surface area contributed by atoms with Crippen molar-refractivity contribution >= 4 is 31.9 Å². The fourth-order valence-electron chi connectivity index (χ4n) is 1.18. The molecule has 70 valence electrons. The van der Waals surface area contributed by atoms with Crippen molar-refractivity contribution in [2.75, 3.05) is 0 Å². The highest BCUT2D eigenvalue weighted by Gasteiger charge is 2.07. The van der Waals surface area contributed by atoms with E-state index in [1.54, 1.807) is 6.20 Å². The number of hydrogen-bond donors (Lipinski definition) is 0. The van der Waals surface area contributed by atoms with E-state index in [0.717, 1.165) is 20.2 Å². The molecule has 0 atom stereocenters. The van der Waals surface area contributed by atoms with Crippen LogP contribution in [0.5, 0.6) is 0 Å². The predicted molar refractivity (Wildman–Crippen MR) is 62.9 cm³/mol. The van der Waals surface area contributed by atoms with Gasteiger partial charge in [0, 0.05) is 20.7 Å². The Hall–Kier alpha value is -0.740. The van der Waals surface area contributed by atoms with Gasteiger partial charge >= 0.3 is 0 Å². The standard InChI is InChI=1S/C10H6Br2N2/c11-7-3-1-4-8(12)10(7)9-5-2-6-13-14-9/h1-6H. The number of halogens is 2. The molecule has 4 heteroatoms. The lowest BCUT2D eigenvalue weighted by atomic mass is 10.1. The Morgan fingerprint density at radius 3 is 2.21 bits per heavy atom. The van der Waals surface area contributed by atoms with E-state index in [-0.39, 0.29) is 0 Å². The van der Waals surface area contributed by atoms with Crippen molar-refractivity contribution in [2.45, 2.75) is 0 Å². The highest BCUT2D eigenvalue weighted by molar-refractivity contribution is 9.11. The third-order valence-electron chi connectivity index (χ3n) is 1.79. The average Bonchev–Trinajstić information content (AvgIpc) is 2.19. The summed E-state index contributed by atoms with van der Waals surface area (Å²) >= 11 is 6.97. The van der Waals surface area contributed by atoms with Crippen molar-refractivity contribution < 1.29 is 0 Å². The minimum Gasteiger partial charge on any atom is -0.159 e. The summed E-state index contributed by atoms with van der Waals surface area (Å²) in [4.78, 5) is 0. The van der Waals surface area contributed by atoms with Gasteiger partial charge in [0.05, 0.1) is 5.69 Å². The predicted octanol–water partition coefficient (Wildman–Crippen LogP) is 3.67. The lowest BCUT2D eigenvalue weighted by Gasteiger charge is -2.04. The molecular weight excluding hydrogens is 308 g/mol. The summed E-state index contributed by atoms with van der Waals surface area (Å²) in [7, 11) is 0. The van der Waals surface area contributed by atoms with Crippen LogP contribution < -0.4 is 0 Å². The molecule has 0 bridgehead atoms. The van der Waals surface area contributed by atoms with Crippen molar-refractivity contribution in [3.63, 3.8) is 0 Å². The molecule has 0 aliphatic heterocycles. The van der Waals surface area contributed by atoms with Crippen LogP contribution in [-0.2, 0) is 0 Å². The van der Waals surface area contributed by atoms with Crippen LogP contribution in [0.15, 0.2) is 45.5 Å². The van der Waals surface area contributed by atoms with Gasteiger partial charge in [-0.2, -0.15) is 10.2 Å². The van der Waals surface area contributed by atoms with E-state index in [0.29, 0.717) is 0 Å². The monoisotopic (exact) mass is 312 g/mol. The van der Waals surface area contributed by atoms with Crippen LogP contribution in [0.2, 0.25) is 0 Å². The molecule has 0 aliphatic carbocycles. The quantitative estimate of drug-likeness (QED) is 0.803. The van der Waals surface area contributed by atoms with Crippen molar-refractivity contribution in [2.24, 2.45) is 0 Å². The fourth-order valence-corrected chi connectivity index (χ4v) is 2.58. The molecule has 2 nitrogen and oxygen atoms in total. The highest BCUT2D eigenvalue weighted by atomic mass is 79.9. The molecule has 0 aliphatic rings. The first-order valence-electron chi connectivity index (χ1n) is 4.01. The zero-order chi connectivity index (χ0) is 9.97. The lowest BCUT2D eigenvalue weighted by molar-refractivity contribution is 1.04. The molecule has 14 heavy (non-hydrogen) atoms. The van der Waals surface area contributed by atoms with Crippen LogP contribution in [0.3, 0.4) is 0 Å². The summed E-state index contributed by atoms with van der Waals surface area (Å²) in [6, 6.07) is 9.73. The second-order valence-corrected chi connectivity index (χ2v) is 4.41. The van der Waals surface area contributed by atoms with Gasteiger partial charge in [-0.15, -0.1) is 0 Å². The van der Waals surface area contributed by atoms with Crippen molar-refractivity contribution in [3.8, 4) is 11.3 Å². The Morgan fingerprint density at radius 2 is 1.64 bits per heavy atom. The third kappa shape index (κ3) is 1.86. The smallest absolute Gasteiger partial charge is 0.0952 e. The van der Waals surface area contributed by atoms with Gasteiger partial charge in [-0.05, 0) is 24.3 Å². The number of benzene rings is 1. The van der Waals surface area contributed by atoms with Gasteiger partial charge in [-0.1, -0.05) is 37.9 Å². The Morgan fingerprint density at radius 1 is 0.929 bits per heavy atom. The molecule has 0 radical (unpaired) electrons. The van der Waals surface area contributed by atoms with E-state index in [4.69, 9.17) is 0 Å². The van der Waals surface area contributed by atoms with Gasteiger partial charge in [0.15, 0.2) is 0 Å². The van der Waals surface area contributed by atoms with Crippen LogP contribution in [0, 0.1) is 0 Å². The van der Waals surface area contributed by atoms with Crippen molar-refractivity contribution in [1.29, 1.82) is 0 Å². The number of rotatable bonds is 1. The molecule has 0 saturated carbocycles. The number of aromatic nitrogens is 2. The Balaban J connectivity index is 2.63. The zero-order valence-corrected chi connectivity index (χ0v) is 10.3. The topological polar surface area (TPSA) is 25.8 Å². The fraction of sp³-hybridized carbons (Fsp3) is 0. The molecule has 0 N–H and O–H groups in total. The van der Waals surface area contributed by atoms with Gasteiger partial charge in [-0.3, -0.25) is 0 Å². The van der Waals surface area contributed by atoms with Crippen LogP contribution in [0.25, 0.3) is 11.3 Å². The third-order valence-corrected chi connectivity index (χ3v) is 3.11. The summed E-state index contributed by atoms with van der Waals surface area (Å²) in [6.45, 7) is 0. The number of nitrogens with zero attached hydrogens (tertiary/aromatic N) is 2.